The SMILES string of the molecule is CCC(CC)(CCO)CNC(=O)c1cccc2cn[nH]c12. The number of nitrogens with zero attached hydrogens (tertiary/aromatic N) is 1. The van der Waals surface area contributed by atoms with E-state index in [1.165, 1.54) is 0 Å². The van der Waals surface area contributed by atoms with Crippen molar-refractivity contribution in [3.05, 3.63) is 30.0 Å². The summed E-state index contributed by atoms with van der Waals surface area (Å²) in [5, 5.41) is 20.0. The van der Waals surface area contributed by atoms with Crippen molar-refractivity contribution in [1.82, 2.24) is 15.5 Å². The number of carbonyl (C=O) groups excluding carboxylic acids is 1. The van der Waals surface area contributed by atoms with E-state index in [4.69, 9.17) is 0 Å². The summed E-state index contributed by atoms with van der Waals surface area (Å²) in [6.07, 6.45) is 4.27. The molecule has 0 radical (unpaired) electrons. The summed E-state index contributed by atoms with van der Waals surface area (Å²) in [7, 11) is 0. The molecule has 0 atom stereocenters. The van der Waals surface area contributed by atoms with Crippen molar-refractivity contribution in [2.75, 3.05) is 13.2 Å². The maximum absolute atomic E-state index is 12.4. The van der Waals surface area contributed by atoms with E-state index in [0.717, 1.165) is 23.7 Å². The van der Waals surface area contributed by atoms with Gasteiger partial charge in [0.25, 0.3) is 5.91 Å². The zero-order valence-electron chi connectivity index (χ0n) is 12.6. The van der Waals surface area contributed by atoms with Crippen LogP contribution in [0.2, 0.25) is 0 Å². The first-order valence-corrected chi connectivity index (χ1v) is 7.47. The third-order valence-electron chi connectivity index (χ3n) is 4.49. The van der Waals surface area contributed by atoms with Crippen molar-refractivity contribution >= 4 is 16.8 Å². The number of amides is 1. The second kappa shape index (κ2) is 6.72. The molecule has 5 nitrogen and oxygen atoms in total. The Morgan fingerprint density at radius 3 is 2.81 bits per heavy atom. The predicted octanol–water partition coefficient (Wildman–Crippen LogP) is 2.48. The summed E-state index contributed by atoms with van der Waals surface area (Å²) < 4.78 is 0. The lowest BCUT2D eigenvalue weighted by Gasteiger charge is -2.31. The molecule has 21 heavy (non-hydrogen) atoms. The fraction of sp³-hybridized carbons (Fsp3) is 0.500. The smallest absolute Gasteiger partial charge is 0.253 e. The molecule has 1 aromatic carbocycles. The fourth-order valence-corrected chi connectivity index (χ4v) is 2.70. The van der Waals surface area contributed by atoms with E-state index in [1.54, 1.807) is 12.3 Å². The lowest BCUT2D eigenvalue weighted by atomic mass is 9.79. The number of aromatic amines is 1. The van der Waals surface area contributed by atoms with E-state index in [1.807, 2.05) is 12.1 Å². The molecule has 2 rings (SSSR count). The van der Waals surface area contributed by atoms with Crippen molar-refractivity contribution in [3.8, 4) is 0 Å². The van der Waals surface area contributed by atoms with Crippen LogP contribution in [0.15, 0.2) is 24.4 Å². The van der Waals surface area contributed by atoms with Gasteiger partial charge in [-0.2, -0.15) is 5.10 Å². The number of H-pyrrole nitrogens is 1. The number of aromatic nitrogens is 2. The van der Waals surface area contributed by atoms with Crippen LogP contribution in [0.1, 0.15) is 43.5 Å². The third-order valence-corrected chi connectivity index (χ3v) is 4.49. The zero-order valence-corrected chi connectivity index (χ0v) is 12.6. The number of fused-ring (bicyclic) bond motifs is 1. The monoisotopic (exact) mass is 289 g/mol. The normalized spacial score (nSPS) is 11.8. The molecule has 0 fully saturated rings. The number of hydrogen-bond donors (Lipinski definition) is 3. The summed E-state index contributed by atoms with van der Waals surface area (Å²) in [5.41, 5.74) is 1.33. The Morgan fingerprint density at radius 1 is 1.38 bits per heavy atom. The van der Waals surface area contributed by atoms with Crippen LogP contribution in [0.3, 0.4) is 0 Å². The van der Waals surface area contributed by atoms with E-state index >= 15 is 0 Å². The van der Waals surface area contributed by atoms with Gasteiger partial charge in [-0.3, -0.25) is 9.89 Å². The van der Waals surface area contributed by atoms with E-state index in [2.05, 4.69) is 29.4 Å². The van der Waals surface area contributed by atoms with Gasteiger partial charge in [0.2, 0.25) is 0 Å². The van der Waals surface area contributed by atoms with Crippen LogP contribution in [0.25, 0.3) is 10.9 Å². The van der Waals surface area contributed by atoms with Crippen LogP contribution in [0.5, 0.6) is 0 Å². The Hall–Kier alpha value is -1.88. The van der Waals surface area contributed by atoms with Gasteiger partial charge in [-0.1, -0.05) is 26.0 Å². The number of para-hydroxylation sites is 1. The standard InChI is InChI=1S/C16H23N3O2/c1-3-16(4-2,8-9-20)11-17-15(21)13-7-5-6-12-10-18-19-14(12)13/h5-7,10,20H,3-4,8-9,11H2,1-2H3,(H,17,21)(H,18,19). The number of nitrogens with one attached hydrogen (secondary N) is 2. The van der Waals surface area contributed by atoms with Crippen molar-refractivity contribution in [2.45, 2.75) is 33.1 Å². The molecule has 1 amide bonds. The molecular formula is C16H23N3O2. The Kier molecular flexibility index (Phi) is 4.96. The second-order valence-electron chi connectivity index (χ2n) is 5.50. The highest BCUT2D eigenvalue weighted by molar-refractivity contribution is 6.05. The molecule has 114 valence electrons. The second-order valence-corrected chi connectivity index (χ2v) is 5.50. The van der Waals surface area contributed by atoms with Crippen LogP contribution in [0, 0.1) is 5.41 Å². The topological polar surface area (TPSA) is 78.0 Å². The molecule has 0 aliphatic carbocycles. The van der Waals surface area contributed by atoms with Crippen molar-refractivity contribution in [2.24, 2.45) is 5.41 Å². The summed E-state index contributed by atoms with van der Waals surface area (Å²) in [5.74, 6) is -0.103. The molecule has 0 bridgehead atoms. The highest BCUT2D eigenvalue weighted by Crippen LogP contribution is 2.29. The Bertz CT molecular complexity index is 602. The molecule has 0 saturated carbocycles. The first kappa shape index (κ1) is 15.5. The highest BCUT2D eigenvalue weighted by Gasteiger charge is 2.26. The first-order chi connectivity index (χ1) is 10.2. The number of aliphatic hydroxyl groups excluding tert-OH is 1. The molecule has 2 aromatic rings. The Balaban J connectivity index is 2.12. The van der Waals surface area contributed by atoms with Crippen LogP contribution >= 0.6 is 0 Å². The summed E-state index contributed by atoms with van der Waals surface area (Å²) in [4.78, 5) is 12.4. The predicted molar refractivity (Wildman–Crippen MR) is 83.1 cm³/mol. The van der Waals surface area contributed by atoms with Crippen molar-refractivity contribution in [1.29, 1.82) is 0 Å². The van der Waals surface area contributed by atoms with Crippen molar-refractivity contribution in [3.63, 3.8) is 0 Å². The molecule has 1 heterocycles. The van der Waals surface area contributed by atoms with Crippen molar-refractivity contribution < 1.29 is 9.90 Å². The van der Waals surface area contributed by atoms with Crippen LogP contribution in [0.4, 0.5) is 0 Å². The number of carbonyl (C=O) groups is 1. The average molecular weight is 289 g/mol. The minimum absolute atomic E-state index is 0.0354. The molecule has 0 aliphatic heterocycles. The molecule has 0 saturated heterocycles. The maximum atomic E-state index is 12.4. The number of rotatable bonds is 7. The molecule has 1 aromatic heterocycles. The van der Waals surface area contributed by atoms with Gasteiger partial charge in [0.15, 0.2) is 0 Å². The number of aliphatic hydroxyl groups is 1. The van der Waals surface area contributed by atoms with Gasteiger partial charge in [0.05, 0.1) is 17.3 Å². The van der Waals surface area contributed by atoms with Gasteiger partial charge in [-0.25, -0.2) is 0 Å². The average Bonchev–Trinajstić information content (AvgIpc) is 2.99. The van der Waals surface area contributed by atoms with Gasteiger partial charge in [0.1, 0.15) is 0 Å². The highest BCUT2D eigenvalue weighted by atomic mass is 16.3. The van der Waals surface area contributed by atoms with Gasteiger partial charge in [-0.05, 0) is 30.7 Å². The molecule has 0 aliphatic rings. The van der Waals surface area contributed by atoms with Gasteiger partial charge in [-0.15, -0.1) is 0 Å². The summed E-state index contributed by atoms with van der Waals surface area (Å²) in [6, 6.07) is 5.57. The fourth-order valence-electron chi connectivity index (χ4n) is 2.70. The minimum Gasteiger partial charge on any atom is -0.396 e. The van der Waals surface area contributed by atoms with E-state index in [0.29, 0.717) is 18.5 Å². The quantitative estimate of drug-likeness (QED) is 0.732. The van der Waals surface area contributed by atoms with Crippen LogP contribution in [-0.2, 0) is 0 Å². The molecule has 3 N–H and O–H groups in total. The zero-order chi connectivity index (χ0) is 15.3. The Labute approximate surface area is 124 Å². The van der Waals surface area contributed by atoms with Crippen LogP contribution in [-0.4, -0.2) is 34.4 Å². The largest absolute Gasteiger partial charge is 0.396 e. The summed E-state index contributed by atoms with van der Waals surface area (Å²) >= 11 is 0. The number of benzene rings is 1. The molecule has 0 spiro atoms. The van der Waals surface area contributed by atoms with Crippen LogP contribution < -0.4 is 5.32 Å². The molecular weight excluding hydrogens is 266 g/mol. The van der Waals surface area contributed by atoms with E-state index < -0.39 is 0 Å². The molecule has 0 unspecified atom stereocenters. The van der Waals surface area contributed by atoms with E-state index in [9.17, 15) is 9.90 Å². The lowest BCUT2D eigenvalue weighted by Crippen LogP contribution is -2.37. The van der Waals surface area contributed by atoms with Gasteiger partial charge >= 0.3 is 0 Å². The first-order valence-electron chi connectivity index (χ1n) is 7.47. The van der Waals surface area contributed by atoms with E-state index in [-0.39, 0.29) is 17.9 Å². The summed E-state index contributed by atoms with van der Waals surface area (Å²) in [6.45, 7) is 4.92. The number of hydrogen-bond acceptors (Lipinski definition) is 3. The lowest BCUT2D eigenvalue weighted by molar-refractivity contribution is 0.0908. The van der Waals surface area contributed by atoms with Gasteiger partial charge in [0, 0.05) is 18.5 Å². The van der Waals surface area contributed by atoms with Gasteiger partial charge < -0.3 is 10.4 Å². The Morgan fingerprint density at radius 2 is 2.14 bits per heavy atom. The third kappa shape index (κ3) is 3.24. The maximum Gasteiger partial charge on any atom is 0.253 e. The molecule has 5 heteroatoms. The minimum atomic E-state index is -0.103.